The molecule has 1 aliphatic rings. The summed E-state index contributed by atoms with van der Waals surface area (Å²) in [6.07, 6.45) is 2.30. The summed E-state index contributed by atoms with van der Waals surface area (Å²) in [7, 11) is 0. The molecule has 4 nitrogen and oxygen atoms in total. The Bertz CT molecular complexity index is 711. The molecular weight excluding hydrogens is 308 g/mol. The molecule has 23 heavy (non-hydrogen) atoms. The molecule has 5 heteroatoms. The van der Waals surface area contributed by atoms with Gasteiger partial charge in [0.15, 0.2) is 0 Å². The van der Waals surface area contributed by atoms with Crippen molar-refractivity contribution in [3.05, 3.63) is 59.1 Å². The van der Waals surface area contributed by atoms with Crippen molar-refractivity contribution < 1.29 is 9.53 Å². The van der Waals surface area contributed by atoms with Gasteiger partial charge >= 0.3 is 0 Å². The second-order valence-corrected chi connectivity index (χ2v) is 6.62. The van der Waals surface area contributed by atoms with Crippen molar-refractivity contribution in [1.29, 1.82) is 0 Å². The van der Waals surface area contributed by atoms with Gasteiger partial charge in [-0.1, -0.05) is 24.8 Å². The molecule has 0 N–H and O–H groups in total. The van der Waals surface area contributed by atoms with Crippen LogP contribution in [0.3, 0.4) is 0 Å². The summed E-state index contributed by atoms with van der Waals surface area (Å²) in [5.74, 6) is 1.18. The van der Waals surface area contributed by atoms with Gasteiger partial charge in [0.25, 0.3) is 0 Å². The third kappa shape index (κ3) is 3.62. The Morgan fingerprint density at radius 2 is 2.35 bits per heavy atom. The number of para-hydroxylation sites is 1. The lowest BCUT2D eigenvalue weighted by atomic mass is 9.92. The third-order valence-electron chi connectivity index (χ3n) is 4.03. The molecule has 1 aliphatic heterocycles. The molecule has 0 radical (unpaired) electrons. The molecule has 0 fully saturated rings. The molecule has 0 saturated carbocycles. The molecule has 1 aromatic heterocycles. The Balaban J connectivity index is 1.79. The van der Waals surface area contributed by atoms with Crippen LogP contribution in [0, 0.1) is 6.92 Å². The molecule has 1 unspecified atom stereocenters. The fraction of sp³-hybridized carbons (Fsp3) is 0.333. The Morgan fingerprint density at radius 1 is 1.52 bits per heavy atom. The monoisotopic (exact) mass is 328 g/mol. The predicted octanol–water partition coefficient (Wildman–Crippen LogP) is 3.53. The smallest absolute Gasteiger partial charge is 0.246 e. The van der Waals surface area contributed by atoms with Gasteiger partial charge in [0.1, 0.15) is 5.75 Å². The van der Waals surface area contributed by atoms with Crippen molar-refractivity contribution in [2.75, 3.05) is 13.2 Å². The molecular formula is C18H20N2O2S. The van der Waals surface area contributed by atoms with E-state index in [9.17, 15) is 4.79 Å². The Morgan fingerprint density at radius 3 is 3.09 bits per heavy atom. The summed E-state index contributed by atoms with van der Waals surface area (Å²) in [4.78, 5) is 15.2. The van der Waals surface area contributed by atoms with Gasteiger partial charge in [-0.3, -0.25) is 4.79 Å². The van der Waals surface area contributed by atoms with E-state index in [4.69, 9.17) is 4.74 Å². The highest BCUT2D eigenvalue weighted by Crippen LogP contribution is 2.34. The van der Waals surface area contributed by atoms with Gasteiger partial charge in [-0.15, -0.1) is 0 Å². The first-order valence-corrected chi connectivity index (χ1v) is 8.50. The molecule has 2 aromatic rings. The standard InChI is InChI=1S/C18H20N2O2S/c1-3-18(21)20(12-15-10-13(2)19-23-15)11-14-8-9-22-17-7-5-4-6-16(14)17/h3-7,10,14H,1,8-9,11-12H2,2H3. The lowest BCUT2D eigenvalue weighted by Crippen LogP contribution is -2.34. The van der Waals surface area contributed by atoms with Crippen LogP contribution in [-0.4, -0.2) is 28.3 Å². The second kappa shape index (κ2) is 6.96. The van der Waals surface area contributed by atoms with Gasteiger partial charge in [-0.2, -0.15) is 4.37 Å². The van der Waals surface area contributed by atoms with E-state index in [1.807, 2.05) is 36.1 Å². The van der Waals surface area contributed by atoms with Crippen LogP contribution in [0.25, 0.3) is 0 Å². The molecule has 2 heterocycles. The molecule has 0 bridgehead atoms. The first kappa shape index (κ1) is 15.7. The fourth-order valence-corrected chi connectivity index (χ4v) is 3.66. The maximum atomic E-state index is 12.3. The van der Waals surface area contributed by atoms with Gasteiger partial charge in [0.2, 0.25) is 5.91 Å². The zero-order chi connectivity index (χ0) is 16.2. The summed E-state index contributed by atoms with van der Waals surface area (Å²) in [5, 5.41) is 0. The number of carbonyl (C=O) groups is 1. The molecule has 0 aliphatic carbocycles. The number of rotatable bonds is 5. The summed E-state index contributed by atoms with van der Waals surface area (Å²) in [5.41, 5.74) is 2.17. The summed E-state index contributed by atoms with van der Waals surface area (Å²) >= 11 is 1.45. The number of amides is 1. The highest BCUT2D eigenvalue weighted by atomic mass is 32.1. The van der Waals surface area contributed by atoms with Crippen LogP contribution in [0.15, 0.2) is 43.0 Å². The van der Waals surface area contributed by atoms with E-state index >= 15 is 0 Å². The zero-order valence-electron chi connectivity index (χ0n) is 13.2. The maximum absolute atomic E-state index is 12.3. The number of hydrogen-bond donors (Lipinski definition) is 0. The van der Waals surface area contributed by atoms with Gasteiger partial charge in [0.05, 0.1) is 18.8 Å². The quantitative estimate of drug-likeness (QED) is 0.789. The van der Waals surface area contributed by atoms with Gasteiger partial charge in [-0.25, -0.2) is 0 Å². The largest absolute Gasteiger partial charge is 0.493 e. The van der Waals surface area contributed by atoms with Crippen LogP contribution in [-0.2, 0) is 11.3 Å². The minimum Gasteiger partial charge on any atom is -0.493 e. The van der Waals surface area contributed by atoms with Crippen molar-refractivity contribution in [3.8, 4) is 5.75 Å². The van der Waals surface area contributed by atoms with Gasteiger partial charge in [0, 0.05) is 17.3 Å². The molecule has 1 amide bonds. The predicted molar refractivity (Wildman–Crippen MR) is 91.8 cm³/mol. The van der Waals surface area contributed by atoms with Crippen molar-refractivity contribution in [3.63, 3.8) is 0 Å². The van der Waals surface area contributed by atoms with Crippen molar-refractivity contribution >= 4 is 17.4 Å². The molecule has 0 spiro atoms. The lowest BCUT2D eigenvalue weighted by Gasteiger charge is -2.30. The van der Waals surface area contributed by atoms with Crippen LogP contribution in [0.5, 0.6) is 5.75 Å². The zero-order valence-corrected chi connectivity index (χ0v) is 14.0. The summed E-state index contributed by atoms with van der Waals surface area (Å²) < 4.78 is 10.0. The lowest BCUT2D eigenvalue weighted by molar-refractivity contribution is -0.126. The minimum absolute atomic E-state index is 0.0416. The van der Waals surface area contributed by atoms with Gasteiger partial charge < -0.3 is 9.64 Å². The summed E-state index contributed by atoms with van der Waals surface area (Å²) in [6, 6.07) is 10.1. The van der Waals surface area contributed by atoms with Crippen molar-refractivity contribution in [1.82, 2.24) is 9.27 Å². The number of hydrogen-bond acceptors (Lipinski definition) is 4. The van der Waals surface area contributed by atoms with Crippen LogP contribution in [0.2, 0.25) is 0 Å². The third-order valence-corrected chi connectivity index (χ3v) is 4.89. The van der Waals surface area contributed by atoms with Crippen molar-refractivity contribution in [2.45, 2.75) is 25.8 Å². The fourth-order valence-electron chi connectivity index (χ4n) is 2.91. The number of aromatic nitrogens is 1. The molecule has 0 saturated heterocycles. The van der Waals surface area contributed by atoms with E-state index in [0.29, 0.717) is 19.7 Å². The number of nitrogens with zero attached hydrogens (tertiary/aromatic N) is 2. The van der Waals surface area contributed by atoms with Crippen LogP contribution < -0.4 is 4.74 Å². The van der Waals surface area contributed by atoms with Crippen molar-refractivity contribution in [2.24, 2.45) is 0 Å². The average Bonchev–Trinajstić information content (AvgIpc) is 2.99. The van der Waals surface area contributed by atoms with E-state index in [1.165, 1.54) is 23.2 Å². The normalized spacial score (nSPS) is 16.3. The molecule has 3 rings (SSSR count). The average molecular weight is 328 g/mol. The van der Waals surface area contributed by atoms with Crippen LogP contribution in [0.4, 0.5) is 0 Å². The highest BCUT2D eigenvalue weighted by molar-refractivity contribution is 7.05. The topological polar surface area (TPSA) is 42.4 Å². The Hall–Kier alpha value is -2.14. The molecule has 120 valence electrons. The van der Waals surface area contributed by atoms with E-state index in [-0.39, 0.29) is 11.8 Å². The number of fused-ring (bicyclic) bond motifs is 1. The Kier molecular flexibility index (Phi) is 4.76. The number of carbonyl (C=O) groups excluding carboxylic acids is 1. The highest BCUT2D eigenvalue weighted by Gasteiger charge is 2.25. The minimum atomic E-state index is -0.0416. The van der Waals surface area contributed by atoms with E-state index in [0.717, 1.165) is 22.7 Å². The van der Waals surface area contributed by atoms with Crippen LogP contribution >= 0.6 is 11.5 Å². The number of ether oxygens (including phenoxy) is 1. The first-order valence-electron chi connectivity index (χ1n) is 7.72. The number of benzene rings is 1. The van der Waals surface area contributed by atoms with Crippen LogP contribution in [0.1, 0.15) is 28.5 Å². The van der Waals surface area contributed by atoms with E-state index in [1.54, 1.807) is 0 Å². The molecule has 1 atom stereocenters. The first-order chi connectivity index (χ1) is 11.2. The molecule has 1 aromatic carbocycles. The maximum Gasteiger partial charge on any atom is 0.246 e. The number of aryl methyl sites for hydroxylation is 1. The second-order valence-electron chi connectivity index (χ2n) is 5.73. The van der Waals surface area contributed by atoms with E-state index < -0.39 is 0 Å². The summed E-state index contributed by atoms with van der Waals surface area (Å²) in [6.45, 7) is 7.54. The van der Waals surface area contributed by atoms with E-state index in [2.05, 4.69) is 17.0 Å². The Labute approximate surface area is 140 Å². The van der Waals surface area contributed by atoms with Gasteiger partial charge in [-0.05, 0) is 48.6 Å². The SMILES string of the molecule is C=CC(=O)N(Cc1cc(C)ns1)CC1CCOc2ccccc21.